The lowest BCUT2D eigenvalue weighted by Gasteiger charge is -2.30. The van der Waals surface area contributed by atoms with Crippen molar-refractivity contribution in [3.05, 3.63) is 42.6 Å². The van der Waals surface area contributed by atoms with Crippen LogP contribution in [0.4, 0.5) is 5.69 Å². The molecular formula is C25H31N7O3. The molecular weight excluding hydrogens is 446 g/mol. The van der Waals surface area contributed by atoms with E-state index in [9.17, 15) is 9.59 Å². The van der Waals surface area contributed by atoms with Gasteiger partial charge in [0.1, 0.15) is 17.8 Å². The highest BCUT2D eigenvalue weighted by Gasteiger charge is 2.25. The molecule has 5 rings (SSSR count). The molecule has 0 unspecified atom stereocenters. The number of carbonyl (C=O) groups is 2. The van der Waals surface area contributed by atoms with Crippen LogP contribution >= 0.6 is 0 Å². The molecule has 4 heterocycles. The van der Waals surface area contributed by atoms with Gasteiger partial charge < -0.3 is 20.7 Å². The number of anilines is 1. The molecule has 1 aliphatic carbocycles. The Morgan fingerprint density at radius 2 is 1.71 bits per heavy atom. The number of ether oxygens (including phenoxy) is 1. The van der Waals surface area contributed by atoms with Crippen molar-refractivity contribution >= 4 is 28.5 Å². The van der Waals surface area contributed by atoms with Crippen molar-refractivity contribution in [1.29, 1.82) is 0 Å². The lowest BCUT2D eigenvalue weighted by Crippen LogP contribution is -2.43. The number of pyridine rings is 1. The molecule has 3 aromatic heterocycles. The van der Waals surface area contributed by atoms with Crippen molar-refractivity contribution in [3.8, 4) is 5.82 Å². The molecule has 184 valence electrons. The molecule has 35 heavy (non-hydrogen) atoms. The average Bonchev–Trinajstić information content (AvgIpc) is 3.30. The van der Waals surface area contributed by atoms with Crippen LogP contribution in [0.15, 0.2) is 37.1 Å². The van der Waals surface area contributed by atoms with Crippen molar-refractivity contribution in [3.63, 3.8) is 0 Å². The summed E-state index contributed by atoms with van der Waals surface area (Å²) in [5, 5.41) is 10.7. The molecule has 10 nitrogen and oxygen atoms in total. The van der Waals surface area contributed by atoms with Gasteiger partial charge in [-0.05, 0) is 44.6 Å². The first-order chi connectivity index (χ1) is 17.1. The quantitative estimate of drug-likeness (QED) is 0.499. The summed E-state index contributed by atoms with van der Waals surface area (Å²) in [7, 11) is 0. The third kappa shape index (κ3) is 5.43. The SMILES string of the molecule is CC(=O)NC1CCC(NC(=O)c2cnc(-n3ccc4cncnc43)cc2NC2CCOCC2)CC1. The zero-order valence-electron chi connectivity index (χ0n) is 19.9. The molecule has 3 aromatic rings. The zero-order valence-corrected chi connectivity index (χ0v) is 19.9. The van der Waals surface area contributed by atoms with Gasteiger partial charge in [-0.25, -0.2) is 15.0 Å². The minimum Gasteiger partial charge on any atom is -0.381 e. The van der Waals surface area contributed by atoms with E-state index in [0.29, 0.717) is 24.6 Å². The van der Waals surface area contributed by atoms with Gasteiger partial charge in [0.2, 0.25) is 5.91 Å². The van der Waals surface area contributed by atoms with Crippen LogP contribution in [0.3, 0.4) is 0 Å². The number of hydrogen-bond acceptors (Lipinski definition) is 7. The van der Waals surface area contributed by atoms with Gasteiger partial charge in [-0.3, -0.25) is 14.2 Å². The molecule has 1 saturated carbocycles. The summed E-state index contributed by atoms with van der Waals surface area (Å²) in [6, 6.07) is 4.35. The Bertz CT molecular complexity index is 1200. The van der Waals surface area contributed by atoms with Gasteiger partial charge in [0, 0.05) is 68.3 Å². The van der Waals surface area contributed by atoms with E-state index in [4.69, 9.17) is 4.74 Å². The second-order valence-corrected chi connectivity index (χ2v) is 9.33. The van der Waals surface area contributed by atoms with Gasteiger partial charge in [0.05, 0.1) is 11.3 Å². The molecule has 10 heteroatoms. The molecule has 0 atom stereocenters. The van der Waals surface area contributed by atoms with Gasteiger partial charge in [0.15, 0.2) is 0 Å². The van der Waals surface area contributed by atoms with Crippen molar-refractivity contribution in [2.45, 2.75) is 63.6 Å². The van der Waals surface area contributed by atoms with E-state index in [1.165, 1.54) is 6.33 Å². The maximum Gasteiger partial charge on any atom is 0.255 e. The second kappa shape index (κ2) is 10.4. The maximum atomic E-state index is 13.3. The minimum absolute atomic E-state index is 0.00517. The average molecular weight is 478 g/mol. The number of rotatable bonds is 6. The zero-order chi connectivity index (χ0) is 24.2. The first-order valence-electron chi connectivity index (χ1n) is 12.3. The number of aromatic nitrogens is 4. The highest BCUT2D eigenvalue weighted by molar-refractivity contribution is 6.00. The van der Waals surface area contributed by atoms with Gasteiger partial charge in [-0.15, -0.1) is 0 Å². The molecule has 0 spiro atoms. The standard InChI is InChI=1S/C25H31N7O3/c1-16(33)29-18-2-4-19(5-3-18)31-25(34)21-14-27-23(12-22(21)30-20-7-10-35-11-8-20)32-9-6-17-13-26-15-28-24(17)32/h6,9,12-15,18-20H,2-5,7-8,10-11H2,1H3,(H,27,30)(H,29,33)(H,31,34). The number of nitrogens with one attached hydrogen (secondary N) is 3. The van der Waals surface area contributed by atoms with Crippen LogP contribution in [-0.4, -0.2) is 62.7 Å². The molecule has 1 aliphatic heterocycles. The van der Waals surface area contributed by atoms with Crippen LogP contribution in [-0.2, 0) is 9.53 Å². The highest BCUT2D eigenvalue weighted by atomic mass is 16.5. The van der Waals surface area contributed by atoms with Crippen LogP contribution in [0.1, 0.15) is 55.8 Å². The van der Waals surface area contributed by atoms with Crippen molar-refractivity contribution < 1.29 is 14.3 Å². The Morgan fingerprint density at radius 3 is 2.46 bits per heavy atom. The topological polar surface area (TPSA) is 123 Å². The van der Waals surface area contributed by atoms with Crippen molar-refractivity contribution in [1.82, 2.24) is 30.2 Å². The minimum atomic E-state index is -0.138. The molecule has 1 saturated heterocycles. The summed E-state index contributed by atoms with van der Waals surface area (Å²) in [6.45, 7) is 2.95. The highest BCUT2D eigenvalue weighted by Crippen LogP contribution is 2.25. The summed E-state index contributed by atoms with van der Waals surface area (Å²) in [6.07, 6.45) is 12.0. The van der Waals surface area contributed by atoms with Gasteiger partial charge in [-0.1, -0.05) is 0 Å². The molecule has 2 aliphatic rings. The monoisotopic (exact) mass is 477 g/mol. The Morgan fingerprint density at radius 1 is 0.971 bits per heavy atom. The fourth-order valence-electron chi connectivity index (χ4n) is 4.93. The third-order valence-electron chi connectivity index (χ3n) is 6.78. The summed E-state index contributed by atoms with van der Waals surface area (Å²) in [5.74, 6) is 0.538. The van der Waals surface area contributed by atoms with Crippen LogP contribution in [0.5, 0.6) is 0 Å². The van der Waals surface area contributed by atoms with E-state index >= 15 is 0 Å². The van der Waals surface area contributed by atoms with Crippen LogP contribution in [0.25, 0.3) is 16.9 Å². The molecule has 2 fully saturated rings. The number of amides is 2. The smallest absolute Gasteiger partial charge is 0.255 e. The van der Waals surface area contributed by atoms with Gasteiger partial charge in [-0.2, -0.15) is 0 Å². The first kappa shape index (κ1) is 23.2. The molecule has 0 bridgehead atoms. The predicted molar refractivity (Wildman–Crippen MR) is 131 cm³/mol. The summed E-state index contributed by atoms with van der Waals surface area (Å²) < 4.78 is 7.40. The Balaban J connectivity index is 1.37. The fraction of sp³-hybridized carbons (Fsp3) is 0.480. The largest absolute Gasteiger partial charge is 0.381 e. The van der Waals surface area contributed by atoms with E-state index in [-0.39, 0.29) is 29.9 Å². The number of nitrogens with zero attached hydrogens (tertiary/aromatic N) is 4. The molecule has 0 aromatic carbocycles. The number of fused-ring (bicyclic) bond motifs is 1. The third-order valence-corrected chi connectivity index (χ3v) is 6.78. The Labute approximate surface area is 203 Å². The van der Waals surface area contributed by atoms with Gasteiger partial charge >= 0.3 is 0 Å². The fourth-order valence-corrected chi connectivity index (χ4v) is 4.93. The van der Waals surface area contributed by atoms with Gasteiger partial charge in [0.25, 0.3) is 5.91 Å². The molecule has 2 amide bonds. The normalized spacial score (nSPS) is 20.9. The van der Waals surface area contributed by atoms with E-state index in [0.717, 1.165) is 55.2 Å². The number of hydrogen-bond donors (Lipinski definition) is 3. The lowest BCUT2D eigenvalue weighted by atomic mass is 9.91. The molecule has 0 radical (unpaired) electrons. The van der Waals surface area contributed by atoms with Crippen molar-refractivity contribution in [2.24, 2.45) is 0 Å². The summed E-state index contributed by atoms with van der Waals surface area (Å²) in [4.78, 5) is 37.8. The first-order valence-corrected chi connectivity index (χ1v) is 12.3. The van der Waals surface area contributed by atoms with E-state index in [1.54, 1.807) is 19.3 Å². The van der Waals surface area contributed by atoms with Crippen LogP contribution in [0, 0.1) is 0 Å². The lowest BCUT2D eigenvalue weighted by molar-refractivity contribution is -0.119. The van der Waals surface area contributed by atoms with Crippen molar-refractivity contribution in [2.75, 3.05) is 18.5 Å². The predicted octanol–water partition coefficient (Wildman–Crippen LogP) is 2.58. The maximum absolute atomic E-state index is 13.3. The summed E-state index contributed by atoms with van der Waals surface area (Å²) in [5.41, 5.74) is 2.04. The Kier molecular flexibility index (Phi) is 6.89. The van der Waals surface area contributed by atoms with E-state index in [1.807, 2.05) is 22.9 Å². The summed E-state index contributed by atoms with van der Waals surface area (Å²) >= 11 is 0. The second-order valence-electron chi connectivity index (χ2n) is 9.33. The van der Waals surface area contributed by atoms with E-state index < -0.39 is 0 Å². The van der Waals surface area contributed by atoms with E-state index in [2.05, 4.69) is 30.9 Å². The van der Waals surface area contributed by atoms with Crippen LogP contribution < -0.4 is 16.0 Å². The number of carbonyl (C=O) groups excluding carboxylic acids is 2. The molecule has 3 N–H and O–H groups in total. The Hall–Kier alpha value is -3.53. The van der Waals surface area contributed by atoms with Crippen LogP contribution in [0.2, 0.25) is 0 Å².